The van der Waals surface area contributed by atoms with Gasteiger partial charge in [0.05, 0.1) is 18.8 Å². The largest absolute Gasteiger partial charge is 0.496 e. The molecule has 1 aromatic carbocycles. The molecule has 5 heteroatoms. The molecule has 0 aliphatic heterocycles. The van der Waals surface area contributed by atoms with Crippen molar-refractivity contribution in [1.29, 1.82) is 0 Å². The van der Waals surface area contributed by atoms with E-state index >= 15 is 0 Å². The van der Waals surface area contributed by atoms with Crippen molar-refractivity contribution in [1.82, 2.24) is 5.32 Å². The Hall–Kier alpha value is -1.26. The van der Waals surface area contributed by atoms with Crippen LogP contribution in [-0.2, 0) is 0 Å². The molecular weight excluding hydrogens is 254 g/mol. The van der Waals surface area contributed by atoms with Gasteiger partial charge >= 0.3 is 0 Å². The van der Waals surface area contributed by atoms with E-state index in [0.29, 0.717) is 22.3 Å². The molecule has 0 heterocycles. The number of rotatable bonds is 5. The van der Waals surface area contributed by atoms with Crippen molar-refractivity contribution in [3.05, 3.63) is 28.8 Å². The molecule has 0 aromatic heterocycles. The normalized spacial score (nSPS) is 16.2. The number of benzene rings is 1. The summed E-state index contributed by atoms with van der Waals surface area (Å²) < 4.78 is 5.11. The second-order valence-corrected chi connectivity index (χ2v) is 4.90. The lowest BCUT2D eigenvalue weighted by molar-refractivity contribution is 0.0898. The molecule has 4 nitrogen and oxygen atoms in total. The van der Waals surface area contributed by atoms with Gasteiger partial charge in [0.15, 0.2) is 0 Å². The molecule has 1 aliphatic rings. The maximum absolute atomic E-state index is 11.9. The lowest BCUT2D eigenvalue weighted by Gasteiger charge is -2.12. The first-order valence-electron chi connectivity index (χ1n) is 5.91. The van der Waals surface area contributed by atoms with Gasteiger partial charge < -0.3 is 15.2 Å². The van der Waals surface area contributed by atoms with Crippen LogP contribution in [0, 0.1) is 5.92 Å². The standard InChI is InChI=1S/C13H16ClNO3/c1-18-12-6-9(14)4-5-10(12)13(17)15-7-11(16)8-2-3-8/h4-6,8,11,16H,2-3,7H2,1H3,(H,15,17). The Morgan fingerprint density at radius 1 is 1.61 bits per heavy atom. The third-order valence-corrected chi connectivity index (χ3v) is 3.28. The smallest absolute Gasteiger partial charge is 0.255 e. The Morgan fingerprint density at radius 2 is 2.33 bits per heavy atom. The fourth-order valence-corrected chi connectivity index (χ4v) is 1.95. The maximum Gasteiger partial charge on any atom is 0.255 e. The average molecular weight is 270 g/mol. The van der Waals surface area contributed by atoms with Crippen molar-refractivity contribution in [3.63, 3.8) is 0 Å². The molecule has 0 saturated heterocycles. The minimum Gasteiger partial charge on any atom is -0.496 e. The molecule has 1 amide bonds. The number of hydrogen-bond donors (Lipinski definition) is 2. The number of aliphatic hydroxyl groups excluding tert-OH is 1. The molecule has 1 saturated carbocycles. The van der Waals surface area contributed by atoms with Crippen molar-refractivity contribution < 1.29 is 14.6 Å². The molecule has 1 fully saturated rings. The van der Waals surface area contributed by atoms with Gasteiger partial charge in [-0.1, -0.05) is 11.6 Å². The van der Waals surface area contributed by atoms with E-state index in [1.54, 1.807) is 18.2 Å². The van der Waals surface area contributed by atoms with Gasteiger partial charge in [-0.05, 0) is 37.0 Å². The fourth-order valence-electron chi connectivity index (χ4n) is 1.79. The lowest BCUT2D eigenvalue weighted by atomic mass is 10.1. The van der Waals surface area contributed by atoms with Crippen molar-refractivity contribution in [2.75, 3.05) is 13.7 Å². The second-order valence-electron chi connectivity index (χ2n) is 4.46. The Kier molecular flexibility index (Phi) is 4.09. The van der Waals surface area contributed by atoms with Crippen LogP contribution < -0.4 is 10.1 Å². The van der Waals surface area contributed by atoms with Crippen molar-refractivity contribution in [3.8, 4) is 5.75 Å². The van der Waals surface area contributed by atoms with Crippen LogP contribution in [0.1, 0.15) is 23.2 Å². The summed E-state index contributed by atoms with van der Waals surface area (Å²) in [6.45, 7) is 0.273. The Labute approximate surface area is 111 Å². The Morgan fingerprint density at radius 3 is 2.94 bits per heavy atom. The minimum atomic E-state index is -0.452. The van der Waals surface area contributed by atoms with E-state index < -0.39 is 6.10 Å². The quantitative estimate of drug-likeness (QED) is 0.858. The number of hydrogen-bond acceptors (Lipinski definition) is 3. The maximum atomic E-state index is 11.9. The number of halogens is 1. The second kappa shape index (κ2) is 5.59. The highest BCUT2D eigenvalue weighted by Gasteiger charge is 2.29. The number of methoxy groups -OCH3 is 1. The van der Waals surface area contributed by atoms with Gasteiger partial charge in [0.1, 0.15) is 5.75 Å². The van der Waals surface area contributed by atoms with Crippen LogP contribution in [0.15, 0.2) is 18.2 Å². The SMILES string of the molecule is COc1cc(Cl)ccc1C(=O)NCC(O)C1CC1. The van der Waals surface area contributed by atoms with E-state index in [9.17, 15) is 9.90 Å². The minimum absolute atomic E-state index is 0.261. The fraction of sp³-hybridized carbons (Fsp3) is 0.462. The van der Waals surface area contributed by atoms with Gasteiger partial charge in [0, 0.05) is 11.6 Å². The molecule has 1 unspecified atom stereocenters. The molecule has 1 aliphatic carbocycles. The first kappa shape index (κ1) is 13.2. The monoisotopic (exact) mass is 269 g/mol. The zero-order valence-electron chi connectivity index (χ0n) is 10.1. The van der Waals surface area contributed by atoms with Crippen LogP contribution in [0.5, 0.6) is 5.75 Å². The highest BCUT2D eigenvalue weighted by molar-refractivity contribution is 6.30. The summed E-state index contributed by atoms with van der Waals surface area (Å²) in [5.41, 5.74) is 0.421. The predicted molar refractivity (Wildman–Crippen MR) is 69.1 cm³/mol. The highest BCUT2D eigenvalue weighted by atomic mass is 35.5. The van der Waals surface area contributed by atoms with Gasteiger partial charge in [-0.25, -0.2) is 0 Å². The topological polar surface area (TPSA) is 58.6 Å². The molecule has 2 N–H and O–H groups in total. The van der Waals surface area contributed by atoms with Gasteiger partial charge in [0.2, 0.25) is 0 Å². The molecule has 0 spiro atoms. The third kappa shape index (κ3) is 3.15. The summed E-state index contributed by atoms with van der Waals surface area (Å²) >= 11 is 5.83. The zero-order valence-corrected chi connectivity index (χ0v) is 10.9. The van der Waals surface area contributed by atoms with E-state index in [2.05, 4.69) is 5.32 Å². The van der Waals surface area contributed by atoms with E-state index in [0.717, 1.165) is 12.8 Å². The van der Waals surface area contributed by atoms with E-state index in [1.165, 1.54) is 7.11 Å². The van der Waals surface area contributed by atoms with E-state index in [4.69, 9.17) is 16.3 Å². The van der Waals surface area contributed by atoms with Gasteiger partial charge in [0.25, 0.3) is 5.91 Å². The molecule has 2 rings (SSSR count). The van der Waals surface area contributed by atoms with Crippen LogP contribution in [0.3, 0.4) is 0 Å². The molecular formula is C13H16ClNO3. The van der Waals surface area contributed by atoms with Gasteiger partial charge in [-0.3, -0.25) is 4.79 Å². The molecule has 98 valence electrons. The van der Waals surface area contributed by atoms with Crippen molar-refractivity contribution >= 4 is 17.5 Å². The summed E-state index contributed by atoms with van der Waals surface area (Å²) in [5.74, 6) is 0.515. The lowest BCUT2D eigenvalue weighted by Crippen LogP contribution is -2.33. The summed E-state index contributed by atoms with van der Waals surface area (Å²) in [5, 5.41) is 12.9. The van der Waals surface area contributed by atoms with E-state index in [-0.39, 0.29) is 12.5 Å². The number of carbonyl (C=O) groups is 1. The predicted octanol–water partition coefficient (Wildman–Crippen LogP) is 1.85. The number of carbonyl (C=O) groups excluding carboxylic acids is 1. The van der Waals surface area contributed by atoms with Crippen LogP contribution in [0.2, 0.25) is 5.02 Å². The number of amides is 1. The zero-order chi connectivity index (χ0) is 13.1. The molecule has 0 radical (unpaired) electrons. The van der Waals surface area contributed by atoms with Crippen LogP contribution >= 0.6 is 11.6 Å². The first-order valence-corrected chi connectivity index (χ1v) is 6.29. The summed E-state index contributed by atoms with van der Waals surface area (Å²) in [4.78, 5) is 11.9. The molecule has 0 bridgehead atoms. The number of ether oxygens (including phenoxy) is 1. The molecule has 18 heavy (non-hydrogen) atoms. The summed E-state index contributed by atoms with van der Waals surface area (Å²) in [6.07, 6.45) is 1.63. The van der Waals surface area contributed by atoms with Crippen LogP contribution in [0.25, 0.3) is 0 Å². The Bertz CT molecular complexity index is 446. The van der Waals surface area contributed by atoms with Crippen LogP contribution in [0.4, 0.5) is 0 Å². The van der Waals surface area contributed by atoms with Gasteiger partial charge in [-0.2, -0.15) is 0 Å². The average Bonchev–Trinajstić information content (AvgIpc) is 3.19. The number of aliphatic hydroxyl groups is 1. The summed E-state index contributed by atoms with van der Waals surface area (Å²) in [7, 11) is 1.49. The molecule has 1 aromatic rings. The Balaban J connectivity index is 1.99. The van der Waals surface area contributed by atoms with Gasteiger partial charge in [-0.15, -0.1) is 0 Å². The molecule has 1 atom stereocenters. The number of nitrogens with one attached hydrogen (secondary N) is 1. The van der Waals surface area contributed by atoms with Crippen LogP contribution in [-0.4, -0.2) is 30.8 Å². The third-order valence-electron chi connectivity index (χ3n) is 3.05. The van der Waals surface area contributed by atoms with Crippen molar-refractivity contribution in [2.45, 2.75) is 18.9 Å². The van der Waals surface area contributed by atoms with E-state index in [1.807, 2.05) is 0 Å². The first-order chi connectivity index (χ1) is 8.61. The highest BCUT2D eigenvalue weighted by Crippen LogP contribution is 2.32. The van der Waals surface area contributed by atoms with Crippen molar-refractivity contribution in [2.24, 2.45) is 5.92 Å². The summed E-state index contributed by atoms with van der Waals surface area (Å²) in [6, 6.07) is 4.84.